The standard InChI is InChI=1S/C21H19ClN4O4/c1-13-19(26(29)30)14(2)25(24-13)12-11-23-21(28)18-6-4-3-5-17(18)20(27)15-7-9-16(22)10-8-15/h3-10H,11-12H2,1-2H3,(H,23,28). The third-order valence-corrected chi connectivity index (χ3v) is 4.91. The monoisotopic (exact) mass is 426 g/mol. The number of amides is 1. The number of nitrogens with one attached hydrogen (secondary N) is 1. The lowest BCUT2D eigenvalue weighted by molar-refractivity contribution is -0.386. The summed E-state index contributed by atoms with van der Waals surface area (Å²) in [5.41, 5.74) is 1.67. The van der Waals surface area contributed by atoms with Crippen molar-refractivity contribution in [3.63, 3.8) is 0 Å². The molecule has 0 aliphatic heterocycles. The first-order chi connectivity index (χ1) is 14.3. The second-order valence-corrected chi connectivity index (χ2v) is 7.07. The lowest BCUT2D eigenvalue weighted by Gasteiger charge is -2.10. The number of hydrogen-bond acceptors (Lipinski definition) is 5. The molecule has 0 saturated heterocycles. The van der Waals surface area contributed by atoms with Crippen LogP contribution in [0.25, 0.3) is 0 Å². The molecule has 1 heterocycles. The molecule has 0 radical (unpaired) electrons. The van der Waals surface area contributed by atoms with Gasteiger partial charge in [0, 0.05) is 22.7 Å². The van der Waals surface area contributed by atoms with Gasteiger partial charge in [-0.15, -0.1) is 0 Å². The van der Waals surface area contributed by atoms with Gasteiger partial charge in [-0.1, -0.05) is 29.8 Å². The first-order valence-corrected chi connectivity index (χ1v) is 9.53. The van der Waals surface area contributed by atoms with Crippen molar-refractivity contribution in [2.24, 2.45) is 0 Å². The number of nitrogens with zero attached hydrogens (tertiary/aromatic N) is 3. The van der Waals surface area contributed by atoms with E-state index in [4.69, 9.17) is 11.6 Å². The third-order valence-electron chi connectivity index (χ3n) is 4.66. The molecule has 30 heavy (non-hydrogen) atoms. The summed E-state index contributed by atoms with van der Waals surface area (Å²) in [5, 5.41) is 18.5. The molecule has 0 spiro atoms. The average molecular weight is 427 g/mol. The van der Waals surface area contributed by atoms with Gasteiger partial charge in [-0.05, 0) is 44.2 Å². The van der Waals surface area contributed by atoms with Crippen LogP contribution >= 0.6 is 11.6 Å². The summed E-state index contributed by atoms with van der Waals surface area (Å²) in [5.74, 6) is -0.699. The first-order valence-electron chi connectivity index (χ1n) is 9.15. The molecule has 0 aliphatic carbocycles. The van der Waals surface area contributed by atoms with Crippen LogP contribution in [0.4, 0.5) is 5.69 Å². The van der Waals surface area contributed by atoms with E-state index in [1.165, 1.54) is 4.68 Å². The van der Waals surface area contributed by atoms with Gasteiger partial charge in [-0.2, -0.15) is 5.10 Å². The highest BCUT2D eigenvalue weighted by molar-refractivity contribution is 6.30. The van der Waals surface area contributed by atoms with Crippen LogP contribution < -0.4 is 5.32 Å². The maximum atomic E-state index is 12.8. The second kappa shape index (κ2) is 8.87. The predicted molar refractivity (Wildman–Crippen MR) is 112 cm³/mol. The number of ketones is 1. The second-order valence-electron chi connectivity index (χ2n) is 6.64. The van der Waals surface area contributed by atoms with Crippen molar-refractivity contribution in [1.29, 1.82) is 0 Å². The molecule has 0 aliphatic rings. The molecule has 2 aromatic carbocycles. The van der Waals surface area contributed by atoms with E-state index in [1.54, 1.807) is 62.4 Å². The van der Waals surface area contributed by atoms with Crippen molar-refractivity contribution in [2.45, 2.75) is 20.4 Å². The minimum atomic E-state index is -0.467. The predicted octanol–water partition coefficient (Wildman–Crippen LogP) is 3.72. The number of halogens is 1. The van der Waals surface area contributed by atoms with Gasteiger partial charge in [-0.25, -0.2) is 0 Å². The van der Waals surface area contributed by atoms with Gasteiger partial charge in [0.2, 0.25) is 0 Å². The van der Waals surface area contributed by atoms with Crippen molar-refractivity contribution in [2.75, 3.05) is 6.54 Å². The Morgan fingerprint density at radius 3 is 2.33 bits per heavy atom. The number of hydrogen-bond donors (Lipinski definition) is 1. The van der Waals surface area contributed by atoms with Crippen molar-refractivity contribution < 1.29 is 14.5 Å². The molecule has 1 N–H and O–H groups in total. The summed E-state index contributed by atoms with van der Waals surface area (Å²) in [6.07, 6.45) is 0. The molecule has 0 unspecified atom stereocenters. The van der Waals surface area contributed by atoms with Crippen LogP contribution in [0.2, 0.25) is 5.02 Å². The Labute approximate surface area is 177 Å². The van der Waals surface area contributed by atoms with Crippen LogP contribution in [0.3, 0.4) is 0 Å². The number of aryl methyl sites for hydroxylation is 1. The van der Waals surface area contributed by atoms with Crippen LogP contribution in [-0.4, -0.2) is 32.9 Å². The summed E-state index contributed by atoms with van der Waals surface area (Å²) in [4.78, 5) is 36.2. The van der Waals surface area contributed by atoms with Crippen molar-refractivity contribution in [1.82, 2.24) is 15.1 Å². The normalized spacial score (nSPS) is 10.6. The minimum Gasteiger partial charge on any atom is -0.350 e. The highest BCUT2D eigenvalue weighted by atomic mass is 35.5. The zero-order chi connectivity index (χ0) is 21.8. The number of nitro groups is 1. The highest BCUT2D eigenvalue weighted by Crippen LogP contribution is 2.21. The van der Waals surface area contributed by atoms with Crippen LogP contribution in [0.15, 0.2) is 48.5 Å². The van der Waals surface area contributed by atoms with E-state index in [2.05, 4.69) is 10.4 Å². The third kappa shape index (κ3) is 4.38. The number of benzene rings is 2. The fraction of sp³-hybridized carbons (Fsp3) is 0.190. The summed E-state index contributed by atoms with van der Waals surface area (Å²) in [6.45, 7) is 3.64. The molecule has 1 amide bonds. The highest BCUT2D eigenvalue weighted by Gasteiger charge is 2.22. The molecule has 0 atom stereocenters. The molecule has 3 aromatic rings. The molecule has 0 saturated carbocycles. The molecule has 9 heteroatoms. The van der Waals surface area contributed by atoms with Crippen molar-refractivity contribution in [3.8, 4) is 0 Å². The number of rotatable bonds is 7. The number of aromatic nitrogens is 2. The minimum absolute atomic E-state index is 0.0276. The fourth-order valence-electron chi connectivity index (χ4n) is 3.18. The molecular weight excluding hydrogens is 408 g/mol. The van der Waals surface area contributed by atoms with Gasteiger partial charge >= 0.3 is 5.69 Å². The Kier molecular flexibility index (Phi) is 6.27. The summed E-state index contributed by atoms with van der Waals surface area (Å²) in [6, 6.07) is 13.0. The fourth-order valence-corrected chi connectivity index (χ4v) is 3.30. The number of carbonyl (C=O) groups is 2. The van der Waals surface area contributed by atoms with E-state index in [1.807, 2.05) is 0 Å². The topological polar surface area (TPSA) is 107 Å². The van der Waals surface area contributed by atoms with E-state index >= 15 is 0 Å². The SMILES string of the molecule is Cc1nn(CCNC(=O)c2ccccc2C(=O)c2ccc(Cl)cc2)c(C)c1[N+](=O)[O-]. The Morgan fingerprint density at radius 1 is 1.10 bits per heavy atom. The lowest BCUT2D eigenvalue weighted by atomic mass is 9.98. The van der Waals surface area contributed by atoms with Crippen LogP contribution in [-0.2, 0) is 6.54 Å². The van der Waals surface area contributed by atoms with Crippen LogP contribution in [0, 0.1) is 24.0 Å². The number of carbonyl (C=O) groups excluding carboxylic acids is 2. The van der Waals surface area contributed by atoms with Gasteiger partial charge in [0.25, 0.3) is 5.91 Å². The maximum absolute atomic E-state index is 12.8. The summed E-state index contributed by atoms with van der Waals surface area (Å²) < 4.78 is 1.48. The van der Waals surface area contributed by atoms with Crippen molar-refractivity contribution >= 4 is 29.0 Å². The summed E-state index contributed by atoms with van der Waals surface area (Å²) >= 11 is 5.87. The van der Waals surface area contributed by atoms with Crippen molar-refractivity contribution in [3.05, 3.63) is 91.7 Å². The Balaban J connectivity index is 1.73. The van der Waals surface area contributed by atoms with Gasteiger partial charge in [0.1, 0.15) is 11.4 Å². The van der Waals surface area contributed by atoms with Gasteiger partial charge in [-0.3, -0.25) is 24.4 Å². The first kappa shape index (κ1) is 21.2. The smallest absolute Gasteiger partial charge is 0.312 e. The maximum Gasteiger partial charge on any atom is 0.312 e. The van der Waals surface area contributed by atoms with E-state index in [0.29, 0.717) is 22.0 Å². The zero-order valence-corrected chi connectivity index (χ0v) is 17.1. The summed E-state index contributed by atoms with van der Waals surface area (Å²) in [7, 11) is 0. The Morgan fingerprint density at radius 2 is 1.73 bits per heavy atom. The van der Waals surface area contributed by atoms with E-state index in [9.17, 15) is 19.7 Å². The molecule has 8 nitrogen and oxygen atoms in total. The van der Waals surface area contributed by atoms with Crippen LogP contribution in [0.1, 0.15) is 37.7 Å². The zero-order valence-electron chi connectivity index (χ0n) is 16.4. The Hall–Kier alpha value is -3.52. The average Bonchev–Trinajstić information content (AvgIpc) is 3.01. The quantitative estimate of drug-likeness (QED) is 0.352. The lowest BCUT2D eigenvalue weighted by Crippen LogP contribution is -2.29. The van der Waals surface area contributed by atoms with E-state index < -0.39 is 10.8 Å². The molecular formula is C21H19ClN4O4. The molecule has 0 bridgehead atoms. The molecule has 1 aromatic heterocycles. The largest absolute Gasteiger partial charge is 0.350 e. The van der Waals surface area contributed by atoms with Gasteiger partial charge in [0.15, 0.2) is 5.78 Å². The molecule has 154 valence electrons. The molecule has 3 rings (SSSR count). The van der Waals surface area contributed by atoms with Gasteiger partial charge < -0.3 is 5.32 Å². The van der Waals surface area contributed by atoms with E-state index in [-0.39, 0.29) is 35.7 Å². The van der Waals surface area contributed by atoms with Gasteiger partial charge in [0.05, 0.1) is 17.0 Å². The molecule has 0 fully saturated rings. The Bertz CT molecular complexity index is 1120. The van der Waals surface area contributed by atoms with E-state index in [0.717, 1.165) is 0 Å². The van der Waals surface area contributed by atoms with Crippen LogP contribution in [0.5, 0.6) is 0 Å².